The molecule has 1 aliphatic heterocycles. The molecule has 0 spiro atoms. The Bertz CT molecular complexity index is 96.1. The lowest BCUT2D eigenvalue weighted by Gasteiger charge is -2.01. The highest BCUT2D eigenvalue weighted by Gasteiger charge is 2.15. The van der Waals surface area contributed by atoms with Crippen molar-refractivity contribution >= 4 is 17.0 Å². The molecule has 3 heteroatoms. The molecule has 0 aromatic carbocycles. The fourth-order valence-electron chi connectivity index (χ4n) is 0.471. The standard InChI is InChI=1S/C4H7NOS.2C2H6/c1-5-2-3-7-4(5)6;2*1-2/h2-3H2,1H3;2*1-2H3. The van der Waals surface area contributed by atoms with Gasteiger partial charge in [-0.05, 0) is 0 Å². The average molecular weight is 177 g/mol. The number of carbonyl (C=O) groups excluding carboxylic acids is 1. The summed E-state index contributed by atoms with van der Waals surface area (Å²) in [6.45, 7) is 8.92. The van der Waals surface area contributed by atoms with Gasteiger partial charge in [-0.15, -0.1) is 0 Å². The first-order valence-corrected chi connectivity index (χ1v) is 5.17. The summed E-state index contributed by atoms with van der Waals surface area (Å²) in [5, 5.41) is 0.208. The van der Waals surface area contributed by atoms with Crippen LogP contribution in [-0.4, -0.2) is 29.5 Å². The fraction of sp³-hybridized carbons (Fsp3) is 0.875. The summed E-state index contributed by atoms with van der Waals surface area (Å²) in [6, 6.07) is 0. The third-order valence-corrected chi connectivity index (χ3v) is 1.91. The highest BCUT2D eigenvalue weighted by molar-refractivity contribution is 8.13. The van der Waals surface area contributed by atoms with Gasteiger partial charge in [0.25, 0.3) is 5.24 Å². The Labute approximate surface area is 74.3 Å². The highest BCUT2D eigenvalue weighted by atomic mass is 32.2. The van der Waals surface area contributed by atoms with Gasteiger partial charge in [-0.3, -0.25) is 4.79 Å². The monoisotopic (exact) mass is 177 g/mol. The summed E-state index contributed by atoms with van der Waals surface area (Å²) in [4.78, 5) is 12.2. The van der Waals surface area contributed by atoms with Crippen molar-refractivity contribution in [1.29, 1.82) is 0 Å². The van der Waals surface area contributed by atoms with E-state index in [1.807, 2.05) is 34.7 Å². The third kappa shape index (κ3) is 6.23. The van der Waals surface area contributed by atoms with Crippen molar-refractivity contribution in [1.82, 2.24) is 4.90 Å². The third-order valence-electron chi connectivity index (χ3n) is 0.964. The van der Waals surface area contributed by atoms with Gasteiger partial charge in [-0.1, -0.05) is 39.5 Å². The van der Waals surface area contributed by atoms with E-state index in [1.54, 1.807) is 4.90 Å². The molecule has 0 aromatic rings. The highest BCUT2D eigenvalue weighted by Crippen LogP contribution is 2.13. The second-order valence-electron chi connectivity index (χ2n) is 1.54. The van der Waals surface area contributed by atoms with Crippen LogP contribution in [0.25, 0.3) is 0 Å². The summed E-state index contributed by atoms with van der Waals surface area (Å²) in [7, 11) is 1.82. The van der Waals surface area contributed by atoms with E-state index in [2.05, 4.69) is 0 Å². The van der Waals surface area contributed by atoms with Crippen molar-refractivity contribution in [2.45, 2.75) is 27.7 Å². The predicted molar refractivity (Wildman–Crippen MR) is 53.2 cm³/mol. The molecule has 1 amide bonds. The Morgan fingerprint density at radius 3 is 1.82 bits per heavy atom. The van der Waals surface area contributed by atoms with Gasteiger partial charge in [0.2, 0.25) is 0 Å². The lowest BCUT2D eigenvalue weighted by molar-refractivity contribution is 0.239. The minimum absolute atomic E-state index is 0.208. The zero-order valence-electron chi connectivity index (χ0n) is 8.18. The molecule has 1 aliphatic rings. The van der Waals surface area contributed by atoms with Crippen LogP contribution in [0.2, 0.25) is 0 Å². The largest absolute Gasteiger partial charge is 0.336 e. The van der Waals surface area contributed by atoms with Crippen molar-refractivity contribution < 1.29 is 4.79 Å². The smallest absolute Gasteiger partial charge is 0.281 e. The minimum atomic E-state index is 0.208. The van der Waals surface area contributed by atoms with Gasteiger partial charge in [0.1, 0.15) is 0 Å². The van der Waals surface area contributed by atoms with E-state index in [0.717, 1.165) is 12.3 Å². The maximum Gasteiger partial charge on any atom is 0.281 e. The Balaban J connectivity index is 0. The number of thioether (sulfide) groups is 1. The first kappa shape index (κ1) is 13.4. The van der Waals surface area contributed by atoms with Gasteiger partial charge in [-0.25, -0.2) is 0 Å². The Kier molecular flexibility index (Phi) is 12.0. The maximum absolute atomic E-state index is 10.5. The number of hydrogen-bond acceptors (Lipinski definition) is 2. The first-order chi connectivity index (χ1) is 5.30. The fourth-order valence-corrected chi connectivity index (χ4v) is 1.32. The predicted octanol–water partition coefficient (Wildman–Crippen LogP) is 2.84. The molecule has 1 heterocycles. The molecule has 0 unspecified atom stereocenters. The van der Waals surface area contributed by atoms with E-state index >= 15 is 0 Å². The van der Waals surface area contributed by atoms with Crippen molar-refractivity contribution in [2.75, 3.05) is 19.3 Å². The van der Waals surface area contributed by atoms with E-state index in [9.17, 15) is 4.79 Å². The van der Waals surface area contributed by atoms with Crippen LogP contribution < -0.4 is 0 Å². The summed E-state index contributed by atoms with van der Waals surface area (Å²) in [5.41, 5.74) is 0. The van der Waals surface area contributed by atoms with Crippen LogP contribution in [0.5, 0.6) is 0 Å². The second kappa shape index (κ2) is 9.82. The molecule has 0 saturated carbocycles. The molecule has 0 aromatic heterocycles. The lowest BCUT2D eigenvalue weighted by atomic mass is 10.7. The molecule has 68 valence electrons. The topological polar surface area (TPSA) is 20.3 Å². The Morgan fingerprint density at radius 1 is 1.27 bits per heavy atom. The molecule has 1 fully saturated rings. The van der Waals surface area contributed by atoms with E-state index in [0.29, 0.717) is 0 Å². The number of amides is 1. The van der Waals surface area contributed by atoms with Crippen LogP contribution in [-0.2, 0) is 0 Å². The number of rotatable bonds is 0. The lowest BCUT2D eigenvalue weighted by Crippen LogP contribution is -2.15. The summed E-state index contributed by atoms with van der Waals surface area (Å²) >= 11 is 1.39. The molecular weight excluding hydrogens is 158 g/mol. The van der Waals surface area contributed by atoms with Crippen molar-refractivity contribution in [3.05, 3.63) is 0 Å². The minimum Gasteiger partial charge on any atom is -0.336 e. The van der Waals surface area contributed by atoms with E-state index in [1.165, 1.54) is 11.8 Å². The van der Waals surface area contributed by atoms with Crippen molar-refractivity contribution in [2.24, 2.45) is 0 Å². The van der Waals surface area contributed by atoms with E-state index in [4.69, 9.17) is 0 Å². The molecule has 0 radical (unpaired) electrons. The summed E-state index contributed by atoms with van der Waals surface area (Å²) < 4.78 is 0. The number of hydrogen-bond donors (Lipinski definition) is 0. The molecule has 0 N–H and O–H groups in total. The van der Waals surface area contributed by atoms with Gasteiger partial charge < -0.3 is 4.90 Å². The quantitative estimate of drug-likeness (QED) is 0.567. The second-order valence-corrected chi connectivity index (χ2v) is 2.58. The zero-order valence-corrected chi connectivity index (χ0v) is 8.99. The molecular formula is C8H19NOS. The molecule has 0 atom stereocenters. The van der Waals surface area contributed by atoms with Gasteiger partial charge in [0.05, 0.1) is 0 Å². The van der Waals surface area contributed by atoms with E-state index in [-0.39, 0.29) is 5.24 Å². The number of nitrogens with zero attached hydrogens (tertiary/aromatic N) is 1. The van der Waals surface area contributed by atoms with Crippen LogP contribution >= 0.6 is 11.8 Å². The van der Waals surface area contributed by atoms with Gasteiger partial charge in [-0.2, -0.15) is 0 Å². The Hall–Kier alpha value is -0.180. The van der Waals surface area contributed by atoms with Gasteiger partial charge in [0.15, 0.2) is 0 Å². The average Bonchev–Trinajstić information content (AvgIpc) is 2.44. The zero-order chi connectivity index (χ0) is 9.28. The van der Waals surface area contributed by atoms with Crippen LogP contribution in [0.15, 0.2) is 0 Å². The summed E-state index contributed by atoms with van der Waals surface area (Å²) in [5.74, 6) is 0.968. The molecule has 0 bridgehead atoms. The first-order valence-electron chi connectivity index (χ1n) is 4.18. The van der Waals surface area contributed by atoms with E-state index < -0.39 is 0 Å². The van der Waals surface area contributed by atoms with Crippen molar-refractivity contribution in [3.63, 3.8) is 0 Å². The van der Waals surface area contributed by atoms with Crippen LogP contribution in [0, 0.1) is 0 Å². The summed E-state index contributed by atoms with van der Waals surface area (Å²) in [6.07, 6.45) is 0. The van der Waals surface area contributed by atoms with Crippen LogP contribution in [0.4, 0.5) is 4.79 Å². The number of carbonyl (C=O) groups is 1. The molecule has 11 heavy (non-hydrogen) atoms. The molecule has 0 aliphatic carbocycles. The van der Waals surface area contributed by atoms with Gasteiger partial charge in [0, 0.05) is 19.3 Å². The SMILES string of the molecule is CC.CC.CN1CCSC1=O. The molecule has 1 saturated heterocycles. The maximum atomic E-state index is 10.5. The normalized spacial score (nSPS) is 14.6. The van der Waals surface area contributed by atoms with Crippen LogP contribution in [0.3, 0.4) is 0 Å². The molecule has 1 rings (SSSR count). The van der Waals surface area contributed by atoms with Crippen molar-refractivity contribution in [3.8, 4) is 0 Å². The Morgan fingerprint density at radius 2 is 1.73 bits per heavy atom. The molecule has 2 nitrogen and oxygen atoms in total. The van der Waals surface area contributed by atoms with Crippen LogP contribution in [0.1, 0.15) is 27.7 Å². The van der Waals surface area contributed by atoms with Gasteiger partial charge >= 0.3 is 0 Å².